The molecule has 5 aromatic rings. The van der Waals surface area contributed by atoms with Gasteiger partial charge in [-0.3, -0.25) is 19.9 Å². The molecule has 2 aromatic heterocycles. The Balaban J connectivity index is 0.863. The smallest absolute Gasteiger partial charge is 0.251 e. The molecule has 0 spiro atoms. The molecular weight excluding hydrogens is 602 g/mol. The standard InChI is InChI=1S/C38H41N7O3/c39-24-27-2-4-28(5-3-27)25-43-20-14-33(15-21-43)42-38(47)36-23-31-22-30(8-11-35(31)48-36)37(46)41-32-12-18-44(19-13-32)26-29-6-9-34(10-7-29)45-17-1-16-40-45/h1-11,16-17,22-23,32-33,38,42,47H,12-15,18-21,25-26H2,(H,41,46). The number of aromatic nitrogens is 2. The molecule has 10 heteroatoms. The average Bonchev–Trinajstić information content (AvgIpc) is 3.82. The molecule has 0 saturated carbocycles. The van der Waals surface area contributed by atoms with E-state index >= 15 is 0 Å². The maximum absolute atomic E-state index is 13.2. The fourth-order valence-electron chi connectivity index (χ4n) is 6.78. The molecule has 10 nitrogen and oxygen atoms in total. The minimum Gasteiger partial charge on any atom is -0.457 e. The number of carbonyl (C=O) groups is 1. The Morgan fingerprint density at radius 2 is 1.54 bits per heavy atom. The average molecular weight is 644 g/mol. The van der Waals surface area contributed by atoms with Crippen LogP contribution in [-0.2, 0) is 13.1 Å². The molecule has 0 aliphatic carbocycles. The zero-order valence-corrected chi connectivity index (χ0v) is 27.0. The number of nitrogens with one attached hydrogen (secondary N) is 2. The highest BCUT2D eigenvalue weighted by atomic mass is 16.4. The molecular formula is C38H41N7O3. The summed E-state index contributed by atoms with van der Waals surface area (Å²) in [5.41, 5.74) is 5.42. The molecule has 2 aliphatic rings. The van der Waals surface area contributed by atoms with Crippen LogP contribution in [0.5, 0.6) is 0 Å². The number of aliphatic hydroxyl groups excluding tert-OH is 1. The van der Waals surface area contributed by atoms with Gasteiger partial charge in [-0.05, 0) is 104 Å². The van der Waals surface area contributed by atoms with Crippen LogP contribution >= 0.6 is 0 Å². The number of fused-ring (bicyclic) bond motifs is 1. The molecule has 48 heavy (non-hydrogen) atoms. The SMILES string of the molecule is N#Cc1ccc(CN2CCC(NC(O)c3cc4cc(C(=O)NC5CCN(Cc6ccc(-n7cccn7)cc6)CC5)ccc4o3)CC2)cc1. The van der Waals surface area contributed by atoms with Crippen LogP contribution in [-0.4, -0.2) is 68.9 Å². The first-order valence-electron chi connectivity index (χ1n) is 16.8. The van der Waals surface area contributed by atoms with Crippen molar-refractivity contribution >= 4 is 16.9 Å². The number of rotatable bonds is 10. The Morgan fingerprint density at radius 3 is 2.17 bits per heavy atom. The lowest BCUT2D eigenvalue weighted by Gasteiger charge is -2.33. The lowest BCUT2D eigenvalue weighted by molar-refractivity contribution is 0.0812. The Bertz CT molecular complexity index is 1850. The van der Waals surface area contributed by atoms with Crippen LogP contribution in [0.2, 0.25) is 0 Å². The fraction of sp³-hybridized carbons (Fsp3) is 0.342. The third-order valence-corrected chi connectivity index (χ3v) is 9.57. The molecule has 7 rings (SSSR count). The van der Waals surface area contributed by atoms with Crippen molar-refractivity contribution in [3.8, 4) is 11.8 Å². The van der Waals surface area contributed by atoms with Gasteiger partial charge in [0, 0.05) is 61.6 Å². The van der Waals surface area contributed by atoms with E-state index in [1.165, 1.54) is 11.1 Å². The van der Waals surface area contributed by atoms with Crippen molar-refractivity contribution in [3.05, 3.63) is 119 Å². The molecule has 2 fully saturated rings. The van der Waals surface area contributed by atoms with Crippen molar-refractivity contribution in [1.29, 1.82) is 5.26 Å². The van der Waals surface area contributed by atoms with Crippen LogP contribution in [0.1, 0.15) is 64.7 Å². The molecule has 3 N–H and O–H groups in total. The molecule has 0 radical (unpaired) electrons. The number of aliphatic hydroxyl groups is 1. The number of benzene rings is 3. The molecule has 1 unspecified atom stereocenters. The molecule has 4 heterocycles. The van der Waals surface area contributed by atoms with Gasteiger partial charge in [-0.15, -0.1) is 0 Å². The van der Waals surface area contributed by atoms with E-state index in [2.05, 4.69) is 55.9 Å². The van der Waals surface area contributed by atoms with Crippen LogP contribution in [0.15, 0.2) is 95.7 Å². The maximum atomic E-state index is 13.2. The van der Waals surface area contributed by atoms with Crippen molar-refractivity contribution in [1.82, 2.24) is 30.2 Å². The Morgan fingerprint density at radius 1 is 0.896 bits per heavy atom. The number of nitriles is 1. The van der Waals surface area contributed by atoms with Crippen LogP contribution in [0.3, 0.4) is 0 Å². The first kappa shape index (κ1) is 31.8. The van der Waals surface area contributed by atoms with Gasteiger partial charge in [0.15, 0.2) is 6.23 Å². The highest BCUT2D eigenvalue weighted by molar-refractivity contribution is 5.98. The quantitative estimate of drug-likeness (QED) is 0.179. The summed E-state index contributed by atoms with van der Waals surface area (Å²) < 4.78 is 7.83. The Kier molecular flexibility index (Phi) is 9.63. The summed E-state index contributed by atoms with van der Waals surface area (Å²) in [5, 5.41) is 31.6. The van der Waals surface area contributed by atoms with E-state index < -0.39 is 6.23 Å². The number of piperidine rings is 2. The number of amides is 1. The van der Waals surface area contributed by atoms with Crippen LogP contribution < -0.4 is 10.6 Å². The third kappa shape index (κ3) is 7.67. The van der Waals surface area contributed by atoms with Crippen LogP contribution in [0.25, 0.3) is 16.7 Å². The zero-order chi connectivity index (χ0) is 32.9. The first-order valence-corrected chi connectivity index (χ1v) is 16.8. The van der Waals surface area contributed by atoms with Gasteiger partial charge >= 0.3 is 0 Å². The van der Waals surface area contributed by atoms with Crippen molar-refractivity contribution in [2.45, 2.75) is 57.1 Å². The minimum atomic E-state index is -0.927. The molecule has 2 aliphatic heterocycles. The van der Waals surface area contributed by atoms with Crippen molar-refractivity contribution in [3.63, 3.8) is 0 Å². The lowest BCUT2D eigenvalue weighted by atomic mass is 10.0. The summed E-state index contributed by atoms with van der Waals surface area (Å²) in [7, 11) is 0. The highest BCUT2D eigenvalue weighted by Crippen LogP contribution is 2.26. The van der Waals surface area contributed by atoms with E-state index in [4.69, 9.17) is 9.68 Å². The molecule has 0 bridgehead atoms. The van der Waals surface area contributed by atoms with Gasteiger partial charge in [0.05, 0.1) is 17.3 Å². The van der Waals surface area contributed by atoms with Crippen LogP contribution in [0, 0.1) is 11.3 Å². The van der Waals surface area contributed by atoms with E-state index in [1.54, 1.807) is 12.3 Å². The van der Waals surface area contributed by atoms with Gasteiger partial charge in [-0.25, -0.2) is 4.68 Å². The van der Waals surface area contributed by atoms with Crippen LogP contribution in [0.4, 0.5) is 0 Å². The Hall–Kier alpha value is -4.79. The number of likely N-dealkylation sites (tertiary alicyclic amines) is 2. The van der Waals surface area contributed by atoms with Gasteiger partial charge in [-0.1, -0.05) is 24.3 Å². The van der Waals surface area contributed by atoms with E-state index in [-0.39, 0.29) is 18.0 Å². The topological polar surface area (TPSA) is 123 Å². The highest BCUT2D eigenvalue weighted by Gasteiger charge is 2.25. The van der Waals surface area contributed by atoms with E-state index in [0.29, 0.717) is 22.5 Å². The second-order valence-corrected chi connectivity index (χ2v) is 13.0. The van der Waals surface area contributed by atoms with E-state index in [1.807, 2.05) is 59.4 Å². The molecule has 3 aromatic carbocycles. The summed E-state index contributed by atoms with van der Waals surface area (Å²) in [6.07, 6.45) is 6.43. The normalized spacial score (nSPS) is 17.3. The number of carbonyl (C=O) groups excluding carboxylic acids is 1. The summed E-state index contributed by atoms with van der Waals surface area (Å²) in [6, 6.07) is 27.9. The number of hydrogen-bond donors (Lipinski definition) is 3. The summed E-state index contributed by atoms with van der Waals surface area (Å²) in [6.45, 7) is 5.43. The van der Waals surface area contributed by atoms with Gasteiger partial charge in [0.1, 0.15) is 11.3 Å². The van der Waals surface area contributed by atoms with E-state index in [9.17, 15) is 9.90 Å². The first-order chi connectivity index (χ1) is 23.5. The monoisotopic (exact) mass is 643 g/mol. The van der Waals surface area contributed by atoms with Gasteiger partial charge in [-0.2, -0.15) is 10.4 Å². The maximum Gasteiger partial charge on any atom is 0.251 e. The number of nitrogens with zero attached hydrogens (tertiary/aromatic N) is 5. The number of hydrogen-bond acceptors (Lipinski definition) is 8. The predicted molar refractivity (Wildman–Crippen MR) is 183 cm³/mol. The second kappa shape index (κ2) is 14.5. The van der Waals surface area contributed by atoms with Gasteiger partial charge in [0.25, 0.3) is 5.91 Å². The van der Waals surface area contributed by atoms with E-state index in [0.717, 1.165) is 76.0 Å². The Labute approximate surface area is 280 Å². The largest absolute Gasteiger partial charge is 0.457 e. The predicted octanol–water partition coefficient (Wildman–Crippen LogP) is 5.13. The lowest BCUT2D eigenvalue weighted by Crippen LogP contribution is -2.44. The molecule has 2 saturated heterocycles. The summed E-state index contributed by atoms with van der Waals surface area (Å²) in [5.74, 6) is 0.365. The second-order valence-electron chi connectivity index (χ2n) is 13.0. The van der Waals surface area contributed by atoms with Crippen molar-refractivity contribution < 1.29 is 14.3 Å². The van der Waals surface area contributed by atoms with Gasteiger partial charge < -0.3 is 14.8 Å². The zero-order valence-electron chi connectivity index (χ0n) is 27.0. The fourth-order valence-corrected chi connectivity index (χ4v) is 6.78. The summed E-state index contributed by atoms with van der Waals surface area (Å²) >= 11 is 0. The van der Waals surface area contributed by atoms with Gasteiger partial charge in [0.2, 0.25) is 0 Å². The molecule has 246 valence electrons. The van der Waals surface area contributed by atoms with Crippen molar-refractivity contribution in [2.75, 3.05) is 26.2 Å². The number of furan rings is 1. The van der Waals surface area contributed by atoms with Crippen molar-refractivity contribution in [2.24, 2.45) is 0 Å². The molecule has 1 amide bonds. The summed E-state index contributed by atoms with van der Waals surface area (Å²) in [4.78, 5) is 18.0. The minimum absolute atomic E-state index is 0.0845. The third-order valence-electron chi connectivity index (χ3n) is 9.57. The molecule has 1 atom stereocenters.